The van der Waals surface area contributed by atoms with Gasteiger partial charge in [0.25, 0.3) is 0 Å². The predicted octanol–water partition coefficient (Wildman–Crippen LogP) is 1.57. The molecule has 0 radical (unpaired) electrons. The van der Waals surface area contributed by atoms with Crippen LogP contribution in [0.3, 0.4) is 0 Å². The van der Waals surface area contributed by atoms with Gasteiger partial charge in [-0.3, -0.25) is 0 Å². The highest BCUT2D eigenvalue weighted by atomic mass is 16.5. The van der Waals surface area contributed by atoms with Crippen LogP contribution in [0.1, 0.15) is 5.76 Å². The van der Waals surface area contributed by atoms with E-state index in [1.54, 1.807) is 25.4 Å². The number of methoxy groups -OCH3 is 1. The topological polar surface area (TPSA) is 85.1 Å². The maximum Gasteiger partial charge on any atom is 0.224 e. The lowest BCUT2D eigenvalue weighted by Crippen LogP contribution is -2.10. The summed E-state index contributed by atoms with van der Waals surface area (Å²) < 4.78 is 9.89. The minimum Gasteiger partial charge on any atom is -0.383 e. The average Bonchev–Trinajstić information content (AvgIpc) is 2.76. The summed E-state index contributed by atoms with van der Waals surface area (Å²) in [4.78, 5) is 8.37. The lowest BCUT2D eigenvalue weighted by atomic mass is 10.5. The summed E-state index contributed by atoms with van der Waals surface area (Å²) in [6.07, 6.45) is 1.66. The Hall–Kier alpha value is -2.15. The van der Waals surface area contributed by atoms with Gasteiger partial charge in [0.05, 0.1) is 6.61 Å². The molecular weight excluding hydrogens is 234 g/mol. The molecule has 0 saturated heterocycles. The van der Waals surface area contributed by atoms with Crippen LogP contribution in [0.2, 0.25) is 0 Å². The van der Waals surface area contributed by atoms with E-state index < -0.39 is 0 Å². The number of hydrogen-bond acceptors (Lipinski definition) is 7. The number of rotatable bonds is 6. The Morgan fingerprint density at radius 3 is 3.00 bits per heavy atom. The molecule has 7 heteroatoms. The molecule has 0 atom stereocenters. The number of anilines is 3. The number of nitrogens with zero attached hydrogens (tertiary/aromatic N) is 3. The van der Waals surface area contributed by atoms with Crippen LogP contribution in [0.15, 0.2) is 22.9 Å². The molecule has 0 aliphatic rings. The standard InChI is InChI=1S/C11H15N5O2/c1-8-7-10(16-18-8)14-9-3-4-12-11(15-9)13-5-6-17-2/h3-4,7H,5-6H2,1-2H3,(H2,12,13,14,15,16). The van der Waals surface area contributed by atoms with Gasteiger partial charge < -0.3 is 19.9 Å². The van der Waals surface area contributed by atoms with Crippen molar-refractivity contribution in [2.75, 3.05) is 30.9 Å². The Labute approximate surface area is 105 Å². The first-order valence-electron chi connectivity index (χ1n) is 5.54. The molecule has 0 fully saturated rings. The van der Waals surface area contributed by atoms with Gasteiger partial charge in [-0.25, -0.2) is 4.98 Å². The van der Waals surface area contributed by atoms with Crippen LogP contribution in [-0.2, 0) is 4.74 Å². The fraction of sp³-hybridized carbons (Fsp3) is 0.364. The molecule has 0 aliphatic heterocycles. The maximum atomic E-state index is 4.96. The Morgan fingerprint density at radius 2 is 2.28 bits per heavy atom. The molecule has 96 valence electrons. The third kappa shape index (κ3) is 3.42. The molecule has 0 aliphatic carbocycles. The third-order valence-electron chi connectivity index (χ3n) is 2.13. The smallest absolute Gasteiger partial charge is 0.224 e. The van der Waals surface area contributed by atoms with Crippen LogP contribution in [0.25, 0.3) is 0 Å². The summed E-state index contributed by atoms with van der Waals surface area (Å²) in [5.41, 5.74) is 0. The molecule has 0 bridgehead atoms. The zero-order valence-electron chi connectivity index (χ0n) is 10.3. The molecule has 7 nitrogen and oxygen atoms in total. The highest BCUT2D eigenvalue weighted by molar-refractivity contribution is 5.52. The van der Waals surface area contributed by atoms with Gasteiger partial charge in [0.15, 0.2) is 5.82 Å². The van der Waals surface area contributed by atoms with Gasteiger partial charge in [-0.05, 0) is 13.0 Å². The number of hydrogen-bond donors (Lipinski definition) is 2. The van der Waals surface area contributed by atoms with E-state index in [9.17, 15) is 0 Å². The first-order valence-corrected chi connectivity index (χ1v) is 5.54. The van der Waals surface area contributed by atoms with Crippen molar-refractivity contribution < 1.29 is 9.26 Å². The van der Waals surface area contributed by atoms with Crippen molar-refractivity contribution in [1.82, 2.24) is 15.1 Å². The van der Waals surface area contributed by atoms with Crippen LogP contribution in [0, 0.1) is 6.92 Å². The van der Waals surface area contributed by atoms with E-state index in [2.05, 4.69) is 25.8 Å². The minimum absolute atomic E-state index is 0.539. The van der Waals surface area contributed by atoms with E-state index >= 15 is 0 Å². The second-order valence-corrected chi connectivity index (χ2v) is 3.63. The molecule has 0 saturated carbocycles. The summed E-state index contributed by atoms with van der Waals surface area (Å²) in [5.74, 6) is 2.55. The van der Waals surface area contributed by atoms with Crippen molar-refractivity contribution in [1.29, 1.82) is 0 Å². The van der Waals surface area contributed by atoms with E-state index in [1.807, 2.05) is 6.92 Å². The Balaban J connectivity index is 1.98. The van der Waals surface area contributed by atoms with Crippen molar-refractivity contribution in [2.45, 2.75) is 6.92 Å². The van der Waals surface area contributed by atoms with Crippen LogP contribution < -0.4 is 10.6 Å². The molecule has 2 rings (SSSR count). The summed E-state index contributed by atoms with van der Waals surface area (Å²) in [6.45, 7) is 3.09. The van der Waals surface area contributed by atoms with E-state index in [-0.39, 0.29) is 0 Å². The molecule has 2 aromatic rings. The predicted molar refractivity (Wildman–Crippen MR) is 66.9 cm³/mol. The van der Waals surface area contributed by atoms with Crippen molar-refractivity contribution >= 4 is 17.6 Å². The largest absolute Gasteiger partial charge is 0.383 e. The van der Waals surface area contributed by atoms with Gasteiger partial charge >= 0.3 is 0 Å². The molecule has 0 spiro atoms. The van der Waals surface area contributed by atoms with Crippen LogP contribution in [0.4, 0.5) is 17.6 Å². The molecular formula is C11H15N5O2. The van der Waals surface area contributed by atoms with Crippen molar-refractivity contribution in [3.8, 4) is 0 Å². The van der Waals surface area contributed by atoms with Gasteiger partial charge in [0.2, 0.25) is 5.95 Å². The zero-order chi connectivity index (χ0) is 12.8. The Kier molecular flexibility index (Phi) is 4.08. The molecule has 2 aromatic heterocycles. The molecule has 0 unspecified atom stereocenters. The van der Waals surface area contributed by atoms with Crippen molar-refractivity contribution in [2.24, 2.45) is 0 Å². The van der Waals surface area contributed by atoms with E-state index in [0.717, 1.165) is 5.76 Å². The van der Waals surface area contributed by atoms with Crippen LogP contribution in [0.5, 0.6) is 0 Å². The van der Waals surface area contributed by atoms with Gasteiger partial charge in [-0.15, -0.1) is 0 Å². The summed E-state index contributed by atoms with van der Waals surface area (Å²) in [6, 6.07) is 3.55. The molecule has 0 aromatic carbocycles. The highest BCUT2D eigenvalue weighted by Gasteiger charge is 2.03. The SMILES string of the molecule is COCCNc1nccc(Nc2cc(C)on2)n1. The van der Waals surface area contributed by atoms with E-state index in [4.69, 9.17) is 9.26 Å². The Bertz CT molecular complexity index is 500. The number of aromatic nitrogens is 3. The van der Waals surface area contributed by atoms with Gasteiger partial charge in [-0.2, -0.15) is 4.98 Å². The lowest BCUT2D eigenvalue weighted by molar-refractivity contribution is 0.210. The number of aryl methyl sites for hydroxylation is 1. The molecule has 2 N–H and O–H groups in total. The normalized spacial score (nSPS) is 10.3. The van der Waals surface area contributed by atoms with E-state index in [1.165, 1.54) is 0 Å². The fourth-order valence-corrected chi connectivity index (χ4v) is 1.33. The summed E-state index contributed by atoms with van der Waals surface area (Å²) >= 11 is 0. The number of nitrogens with one attached hydrogen (secondary N) is 2. The fourth-order valence-electron chi connectivity index (χ4n) is 1.33. The first kappa shape index (κ1) is 12.3. The molecule has 18 heavy (non-hydrogen) atoms. The number of ether oxygens (including phenoxy) is 1. The molecule has 0 amide bonds. The molecule has 2 heterocycles. The zero-order valence-corrected chi connectivity index (χ0v) is 10.3. The third-order valence-corrected chi connectivity index (χ3v) is 2.13. The lowest BCUT2D eigenvalue weighted by Gasteiger charge is -2.05. The van der Waals surface area contributed by atoms with Gasteiger partial charge in [0, 0.05) is 25.9 Å². The second-order valence-electron chi connectivity index (χ2n) is 3.63. The van der Waals surface area contributed by atoms with Crippen LogP contribution >= 0.6 is 0 Å². The quantitative estimate of drug-likeness (QED) is 0.751. The van der Waals surface area contributed by atoms with Crippen molar-refractivity contribution in [3.63, 3.8) is 0 Å². The Morgan fingerprint density at radius 1 is 1.39 bits per heavy atom. The minimum atomic E-state index is 0.539. The first-order chi connectivity index (χ1) is 8.78. The van der Waals surface area contributed by atoms with Gasteiger partial charge in [-0.1, -0.05) is 5.16 Å². The second kappa shape index (κ2) is 5.97. The average molecular weight is 249 g/mol. The summed E-state index contributed by atoms with van der Waals surface area (Å²) in [7, 11) is 1.65. The van der Waals surface area contributed by atoms with Crippen LogP contribution in [-0.4, -0.2) is 35.4 Å². The summed E-state index contributed by atoms with van der Waals surface area (Å²) in [5, 5.41) is 9.90. The maximum absolute atomic E-state index is 4.96. The van der Waals surface area contributed by atoms with Gasteiger partial charge in [0.1, 0.15) is 11.6 Å². The highest BCUT2D eigenvalue weighted by Crippen LogP contribution is 2.14. The monoisotopic (exact) mass is 249 g/mol. The van der Waals surface area contributed by atoms with Crippen molar-refractivity contribution in [3.05, 3.63) is 24.1 Å². The van der Waals surface area contributed by atoms with E-state index in [0.29, 0.717) is 30.7 Å².